The summed E-state index contributed by atoms with van der Waals surface area (Å²) in [7, 11) is 0. The maximum atomic E-state index is 4.43. The predicted molar refractivity (Wildman–Crippen MR) is 106 cm³/mol. The van der Waals surface area contributed by atoms with E-state index < -0.39 is 0 Å². The molecule has 138 valence electrons. The SMILES string of the molecule is BrCCCCn1nnc(-c2ccc(-c3nnn(CCCCBr)n3)cc2)n1. The molecule has 0 fully saturated rings. The number of benzene rings is 1. The van der Waals surface area contributed by atoms with Crippen molar-refractivity contribution in [3.63, 3.8) is 0 Å². The van der Waals surface area contributed by atoms with Gasteiger partial charge < -0.3 is 0 Å². The molecular formula is C16H20Br2N8. The molecule has 2 heterocycles. The van der Waals surface area contributed by atoms with E-state index in [2.05, 4.69) is 62.7 Å². The molecule has 0 amide bonds. The Kier molecular flexibility index (Phi) is 7.24. The van der Waals surface area contributed by atoms with E-state index >= 15 is 0 Å². The topological polar surface area (TPSA) is 87.2 Å². The summed E-state index contributed by atoms with van der Waals surface area (Å²) in [5, 5.41) is 27.3. The Bertz CT molecular complexity index is 731. The van der Waals surface area contributed by atoms with Gasteiger partial charge in [0.05, 0.1) is 13.1 Å². The molecule has 3 rings (SSSR count). The minimum Gasteiger partial charge on any atom is -0.164 e. The Balaban J connectivity index is 1.63. The molecule has 0 saturated heterocycles. The molecule has 3 aromatic rings. The maximum Gasteiger partial charge on any atom is 0.204 e. The highest BCUT2D eigenvalue weighted by Crippen LogP contribution is 2.19. The summed E-state index contributed by atoms with van der Waals surface area (Å²) in [5.41, 5.74) is 1.84. The summed E-state index contributed by atoms with van der Waals surface area (Å²) >= 11 is 6.85. The molecule has 26 heavy (non-hydrogen) atoms. The van der Waals surface area contributed by atoms with Gasteiger partial charge in [-0.25, -0.2) is 0 Å². The second kappa shape index (κ2) is 9.86. The molecular weight excluding hydrogens is 464 g/mol. The monoisotopic (exact) mass is 482 g/mol. The molecule has 10 heteroatoms. The van der Waals surface area contributed by atoms with Crippen LogP contribution in [0.2, 0.25) is 0 Å². The van der Waals surface area contributed by atoms with Crippen molar-refractivity contribution in [2.24, 2.45) is 0 Å². The van der Waals surface area contributed by atoms with E-state index in [1.807, 2.05) is 24.3 Å². The van der Waals surface area contributed by atoms with Gasteiger partial charge >= 0.3 is 0 Å². The first-order valence-electron chi connectivity index (χ1n) is 8.58. The third-order valence-electron chi connectivity index (χ3n) is 3.79. The van der Waals surface area contributed by atoms with Crippen molar-refractivity contribution in [2.45, 2.75) is 38.8 Å². The third kappa shape index (κ3) is 5.16. The molecule has 1 aromatic carbocycles. The molecule has 0 N–H and O–H groups in total. The number of alkyl halides is 2. The van der Waals surface area contributed by atoms with Crippen LogP contribution in [0.15, 0.2) is 24.3 Å². The largest absolute Gasteiger partial charge is 0.204 e. The normalized spacial score (nSPS) is 11.2. The Morgan fingerprint density at radius 1 is 0.654 bits per heavy atom. The summed E-state index contributed by atoms with van der Waals surface area (Å²) in [6, 6.07) is 7.84. The first-order valence-corrected chi connectivity index (χ1v) is 10.8. The van der Waals surface area contributed by atoms with Crippen molar-refractivity contribution in [3.05, 3.63) is 24.3 Å². The quantitative estimate of drug-likeness (QED) is 0.324. The van der Waals surface area contributed by atoms with Gasteiger partial charge in [-0.15, -0.1) is 20.4 Å². The molecule has 0 atom stereocenters. The molecule has 0 aliphatic carbocycles. The highest BCUT2D eigenvalue weighted by Gasteiger charge is 2.09. The van der Waals surface area contributed by atoms with Gasteiger partial charge in [-0.1, -0.05) is 56.1 Å². The van der Waals surface area contributed by atoms with Crippen LogP contribution in [-0.2, 0) is 13.1 Å². The van der Waals surface area contributed by atoms with E-state index in [-0.39, 0.29) is 0 Å². The molecule has 0 spiro atoms. The number of nitrogens with zero attached hydrogens (tertiary/aromatic N) is 8. The van der Waals surface area contributed by atoms with E-state index in [0.29, 0.717) is 11.6 Å². The number of rotatable bonds is 10. The minimum atomic E-state index is 0.627. The smallest absolute Gasteiger partial charge is 0.164 e. The lowest BCUT2D eigenvalue weighted by atomic mass is 10.1. The zero-order valence-electron chi connectivity index (χ0n) is 14.3. The summed E-state index contributed by atoms with van der Waals surface area (Å²) in [6.07, 6.45) is 4.23. The van der Waals surface area contributed by atoms with Gasteiger partial charge in [0.2, 0.25) is 11.6 Å². The summed E-state index contributed by atoms with van der Waals surface area (Å²) < 4.78 is 0. The van der Waals surface area contributed by atoms with Crippen LogP contribution in [0.1, 0.15) is 25.7 Å². The number of hydrogen-bond acceptors (Lipinski definition) is 6. The van der Waals surface area contributed by atoms with Gasteiger partial charge in [-0.2, -0.15) is 9.59 Å². The Hall–Kier alpha value is -1.68. The van der Waals surface area contributed by atoms with Crippen molar-refractivity contribution in [2.75, 3.05) is 10.7 Å². The van der Waals surface area contributed by atoms with E-state index in [0.717, 1.165) is 60.6 Å². The van der Waals surface area contributed by atoms with Crippen LogP contribution in [0.25, 0.3) is 22.8 Å². The molecule has 0 aliphatic heterocycles. The Morgan fingerprint density at radius 3 is 1.46 bits per heavy atom. The van der Waals surface area contributed by atoms with Crippen LogP contribution in [0.3, 0.4) is 0 Å². The summed E-state index contributed by atoms with van der Waals surface area (Å²) in [4.78, 5) is 3.29. The highest BCUT2D eigenvalue weighted by molar-refractivity contribution is 9.09. The zero-order chi connectivity index (χ0) is 18.2. The second-order valence-corrected chi connectivity index (χ2v) is 7.37. The molecule has 0 saturated carbocycles. The van der Waals surface area contributed by atoms with Gasteiger partial charge in [-0.05, 0) is 36.1 Å². The van der Waals surface area contributed by atoms with Gasteiger partial charge in [0, 0.05) is 21.8 Å². The molecule has 0 aliphatic rings. The van der Waals surface area contributed by atoms with Gasteiger partial charge in [0.15, 0.2) is 0 Å². The van der Waals surface area contributed by atoms with Crippen LogP contribution in [-0.4, -0.2) is 51.1 Å². The fourth-order valence-corrected chi connectivity index (χ4v) is 3.16. The summed E-state index contributed by atoms with van der Waals surface area (Å²) in [5.74, 6) is 1.25. The summed E-state index contributed by atoms with van der Waals surface area (Å²) in [6.45, 7) is 1.55. The fraction of sp³-hybridized carbons (Fsp3) is 0.500. The molecule has 8 nitrogen and oxygen atoms in total. The number of unbranched alkanes of at least 4 members (excludes halogenated alkanes) is 2. The van der Waals surface area contributed by atoms with Crippen LogP contribution in [0.5, 0.6) is 0 Å². The van der Waals surface area contributed by atoms with E-state index in [9.17, 15) is 0 Å². The van der Waals surface area contributed by atoms with Crippen LogP contribution in [0.4, 0.5) is 0 Å². The highest BCUT2D eigenvalue weighted by atomic mass is 79.9. The lowest BCUT2D eigenvalue weighted by Crippen LogP contribution is -2.02. The first-order chi connectivity index (χ1) is 12.8. The third-order valence-corrected chi connectivity index (χ3v) is 4.91. The van der Waals surface area contributed by atoms with E-state index in [1.165, 1.54) is 0 Å². The van der Waals surface area contributed by atoms with E-state index in [4.69, 9.17) is 0 Å². The fourth-order valence-electron chi connectivity index (χ4n) is 2.37. The van der Waals surface area contributed by atoms with Crippen molar-refractivity contribution in [1.29, 1.82) is 0 Å². The molecule has 0 radical (unpaired) electrons. The average Bonchev–Trinajstić information content (AvgIpc) is 3.32. The number of tetrazole rings is 2. The standard InChI is InChI=1S/C16H20Br2N8/c17-9-1-3-11-25-21-15(19-23-25)13-5-7-14(8-6-13)16-20-24-26(22-16)12-4-2-10-18/h5-8H,1-4,9-12H2. The minimum absolute atomic E-state index is 0.627. The average molecular weight is 484 g/mol. The number of aromatic nitrogens is 8. The van der Waals surface area contributed by atoms with Gasteiger partial charge in [0.25, 0.3) is 0 Å². The molecule has 0 bridgehead atoms. The van der Waals surface area contributed by atoms with Crippen LogP contribution < -0.4 is 0 Å². The predicted octanol–water partition coefficient (Wildman–Crippen LogP) is 3.34. The number of hydrogen-bond donors (Lipinski definition) is 0. The van der Waals surface area contributed by atoms with Crippen molar-refractivity contribution < 1.29 is 0 Å². The Labute approximate surface area is 168 Å². The maximum absolute atomic E-state index is 4.43. The van der Waals surface area contributed by atoms with Gasteiger partial charge in [-0.3, -0.25) is 0 Å². The zero-order valence-corrected chi connectivity index (χ0v) is 17.5. The number of aryl methyl sites for hydroxylation is 2. The first kappa shape index (κ1) is 19.1. The van der Waals surface area contributed by atoms with Crippen molar-refractivity contribution in [1.82, 2.24) is 40.4 Å². The van der Waals surface area contributed by atoms with Gasteiger partial charge in [0.1, 0.15) is 0 Å². The lowest BCUT2D eigenvalue weighted by molar-refractivity contribution is 0.498. The second-order valence-electron chi connectivity index (χ2n) is 5.79. The lowest BCUT2D eigenvalue weighted by Gasteiger charge is -1.98. The van der Waals surface area contributed by atoms with Crippen molar-refractivity contribution in [3.8, 4) is 22.8 Å². The van der Waals surface area contributed by atoms with Crippen LogP contribution in [0, 0.1) is 0 Å². The number of halogens is 2. The Morgan fingerprint density at radius 2 is 1.08 bits per heavy atom. The molecule has 2 aromatic heterocycles. The van der Waals surface area contributed by atoms with Crippen LogP contribution >= 0.6 is 31.9 Å². The molecule has 0 unspecified atom stereocenters. The van der Waals surface area contributed by atoms with E-state index in [1.54, 1.807) is 9.59 Å². The van der Waals surface area contributed by atoms with Crippen molar-refractivity contribution >= 4 is 31.9 Å².